The minimum absolute atomic E-state index is 0.0411. The number of amides is 1. The zero-order valence-corrected chi connectivity index (χ0v) is 14.7. The van der Waals surface area contributed by atoms with Crippen LogP contribution >= 0.6 is 0 Å². The van der Waals surface area contributed by atoms with Gasteiger partial charge in [0.05, 0.1) is 5.69 Å². The van der Waals surface area contributed by atoms with E-state index in [9.17, 15) is 4.79 Å². The first kappa shape index (κ1) is 16.6. The number of nitrogens with zero attached hydrogens (tertiary/aromatic N) is 3. The average Bonchev–Trinajstić information content (AvgIpc) is 3.19. The van der Waals surface area contributed by atoms with Crippen LogP contribution in [-0.4, -0.2) is 35.3 Å². The second-order valence-corrected chi connectivity index (χ2v) is 6.73. The van der Waals surface area contributed by atoms with Crippen molar-refractivity contribution in [3.8, 4) is 0 Å². The predicted molar refractivity (Wildman–Crippen MR) is 96.2 cm³/mol. The molecule has 1 aromatic carbocycles. The van der Waals surface area contributed by atoms with Crippen LogP contribution in [0.5, 0.6) is 0 Å². The fraction of sp³-hybridized carbons (Fsp3) is 0.474. The molecule has 1 fully saturated rings. The van der Waals surface area contributed by atoms with E-state index >= 15 is 0 Å². The van der Waals surface area contributed by atoms with Gasteiger partial charge < -0.3 is 10.2 Å². The molecule has 1 saturated heterocycles. The van der Waals surface area contributed by atoms with Crippen LogP contribution in [0.3, 0.4) is 0 Å². The molecule has 2 heterocycles. The molecule has 1 amide bonds. The van der Waals surface area contributed by atoms with Crippen molar-refractivity contribution >= 4 is 11.6 Å². The van der Waals surface area contributed by atoms with E-state index in [0.29, 0.717) is 5.92 Å². The summed E-state index contributed by atoms with van der Waals surface area (Å²) in [6, 6.07) is 12.2. The highest BCUT2D eigenvalue weighted by molar-refractivity contribution is 5.79. The van der Waals surface area contributed by atoms with Gasteiger partial charge in [0.1, 0.15) is 6.04 Å². The van der Waals surface area contributed by atoms with Crippen LogP contribution in [0.2, 0.25) is 0 Å². The van der Waals surface area contributed by atoms with Gasteiger partial charge in [0.15, 0.2) is 0 Å². The normalized spacial score (nSPS) is 18.6. The second kappa shape index (κ2) is 7.07. The molecule has 128 valence electrons. The molecule has 2 aromatic rings. The fourth-order valence-corrected chi connectivity index (χ4v) is 3.41. The Morgan fingerprint density at radius 1 is 1.33 bits per heavy atom. The first-order chi connectivity index (χ1) is 11.5. The number of carbonyl (C=O) groups excluding carboxylic acids is 1. The van der Waals surface area contributed by atoms with Crippen LogP contribution in [0.25, 0.3) is 0 Å². The third-order valence-corrected chi connectivity index (χ3v) is 4.76. The van der Waals surface area contributed by atoms with Crippen molar-refractivity contribution in [1.29, 1.82) is 0 Å². The number of nitrogens with one attached hydrogen (secondary N) is 1. The number of carbonyl (C=O) groups is 1. The third-order valence-electron chi connectivity index (χ3n) is 4.76. The van der Waals surface area contributed by atoms with Crippen molar-refractivity contribution in [1.82, 2.24) is 15.1 Å². The molecule has 0 radical (unpaired) electrons. The highest BCUT2D eigenvalue weighted by Crippen LogP contribution is 2.23. The summed E-state index contributed by atoms with van der Waals surface area (Å²) in [4.78, 5) is 14.8. The van der Waals surface area contributed by atoms with Crippen LogP contribution in [0.15, 0.2) is 36.4 Å². The zero-order chi connectivity index (χ0) is 17.1. The van der Waals surface area contributed by atoms with Crippen molar-refractivity contribution in [3.05, 3.63) is 47.8 Å². The number of anilines is 1. The summed E-state index contributed by atoms with van der Waals surface area (Å²) < 4.78 is 1.80. The molecule has 5 heteroatoms. The van der Waals surface area contributed by atoms with Crippen molar-refractivity contribution in [3.63, 3.8) is 0 Å². The van der Waals surface area contributed by atoms with Crippen LogP contribution in [0.1, 0.15) is 30.8 Å². The molecule has 0 bridgehead atoms. The Hall–Kier alpha value is -2.30. The van der Waals surface area contributed by atoms with Crippen LogP contribution in [-0.2, 0) is 4.79 Å². The van der Waals surface area contributed by atoms with Gasteiger partial charge in [0.2, 0.25) is 5.91 Å². The summed E-state index contributed by atoms with van der Waals surface area (Å²) in [5.74, 6) is 0.543. The quantitative estimate of drug-likeness (QED) is 0.919. The van der Waals surface area contributed by atoms with E-state index in [0.717, 1.165) is 37.4 Å². The first-order valence-electron chi connectivity index (χ1n) is 8.65. The van der Waals surface area contributed by atoms with Gasteiger partial charge in [-0.1, -0.05) is 18.2 Å². The topological polar surface area (TPSA) is 50.2 Å². The SMILES string of the molecule is Cc1cc(C)n([C@H](C)C(=O)NC[C@H]2CCN(c3ccccc3)C2)n1. The van der Waals surface area contributed by atoms with E-state index in [4.69, 9.17) is 0 Å². The third kappa shape index (κ3) is 3.61. The van der Waals surface area contributed by atoms with Crippen molar-refractivity contribution < 1.29 is 4.79 Å². The number of hydrogen-bond acceptors (Lipinski definition) is 3. The Balaban J connectivity index is 1.51. The molecule has 5 nitrogen and oxygen atoms in total. The number of aromatic nitrogens is 2. The molecule has 0 saturated carbocycles. The first-order valence-corrected chi connectivity index (χ1v) is 8.65. The summed E-state index contributed by atoms with van der Waals surface area (Å²) in [5.41, 5.74) is 3.23. The smallest absolute Gasteiger partial charge is 0.244 e. The summed E-state index contributed by atoms with van der Waals surface area (Å²) in [7, 11) is 0. The average molecular weight is 326 g/mol. The van der Waals surface area contributed by atoms with Crippen molar-refractivity contribution in [2.75, 3.05) is 24.5 Å². The molecule has 1 aromatic heterocycles. The van der Waals surface area contributed by atoms with E-state index in [1.165, 1.54) is 5.69 Å². The monoisotopic (exact) mass is 326 g/mol. The summed E-state index contributed by atoms with van der Waals surface area (Å²) in [6.07, 6.45) is 1.11. The lowest BCUT2D eigenvalue weighted by atomic mass is 10.1. The molecular formula is C19H26N4O. The molecule has 2 atom stereocenters. The number of para-hydroxylation sites is 1. The van der Waals surface area contributed by atoms with E-state index < -0.39 is 0 Å². The van der Waals surface area contributed by atoms with Crippen LogP contribution < -0.4 is 10.2 Å². The molecule has 1 aliphatic heterocycles. The van der Waals surface area contributed by atoms with E-state index in [1.807, 2.05) is 32.9 Å². The summed E-state index contributed by atoms with van der Waals surface area (Å²) in [5, 5.41) is 7.52. The molecule has 1 aliphatic rings. The Bertz CT molecular complexity index is 695. The molecule has 3 rings (SSSR count). The van der Waals surface area contributed by atoms with Gasteiger partial charge in [-0.05, 0) is 51.3 Å². The van der Waals surface area contributed by atoms with Gasteiger partial charge in [-0.15, -0.1) is 0 Å². The number of aryl methyl sites for hydroxylation is 2. The molecular weight excluding hydrogens is 300 g/mol. The Morgan fingerprint density at radius 3 is 2.75 bits per heavy atom. The Kier molecular flexibility index (Phi) is 4.88. The fourth-order valence-electron chi connectivity index (χ4n) is 3.41. The maximum absolute atomic E-state index is 12.4. The van der Waals surface area contributed by atoms with Gasteiger partial charge in [-0.3, -0.25) is 9.48 Å². The zero-order valence-electron chi connectivity index (χ0n) is 14.7. The predicted octanol–water partition coefficient (Wildman–Crippen LogP) is 2.70. The lowest BCUT2D eigenvalue weighted by Gasteiger charge is -2.19. The van der Waals surface area contributed by atoms with Gasteiger partial charge >= 0.3 is 0 Å². The minimum Gasteiger partial charge on any atom is -0.371 e. The van der Waals surface area contributed by atoms with Gasteiger partial charge in [0.25, 0.3) is 0 Å². The molecule has 0 spiro atoms. The number of hydrogen-bond donors (Lipinski definition) is 1. The summed E-state index contributed by atoms with van der Waals surface area (Å²) in [6.45, 7) is 8.62. The number of rotatable bonds is 5. The largest absolute Gasteiger partial charge is 0.371 e. The van der Waals surface area contributed by atoms with Gasteiger partial charge in [-0.25, -0.2) is 0 Å². The molecule has 0 unspecified atom stereocenters. The van der Waals surface area contributed by atoms with E-state index in [2.05, 4.69) is 39.6 Å². The lowest BCUT2D eigenvalue weighted by Crippen LogP contribution is -2.36. The Labute approximate surface area is 143 Å². The second-order valence-electron chi connectivity index (χ2n) is 6.73. The molecule has 1 N–H and O–H groups in total. The van der Waals surface area contributed by atoms with Crippen molar-refractivity contribution in [2.45, 2.75) is 33.2 Å². The van der Waals surface area contributed by atoms with E-state index in [1.54, 1.807) is 4.68 Å². The maximum atomic E-state index is 12.4. The van der Waals surface area contributed by atoms with Gasteiger partial charge in [-0.2, -0.15) is 5.10 Å². The molecule has 24 heavy (non-hydrogen) atoms. The van der Waals surface area contributed by atoms with Crippen LogP contribution in [0.4, 0.5) is 5.69 Å². The van der Waals surface area contributed by atoms with E-state index in [-0.39, 0.29) is 11.9 Å². The van der Waals surface area contributed by atoms with Crippen LogP contribution in [0, 0.1) is 19.8 Å². The van der Waals surface area contributed by atoms with Crippen molar-refractivity contribution in [2.24, 2.45) is 5.92 Å². The molecule has 0 aliphatic carbocycles. The van der Waals surface area contributed by atoms with Gasteiger partial charge in [0, 0.05) is 31.0 Å². The lowest BCUT2D eigenvalue weighted by molar-refractivity contribution is -0.124. The highest BCUT2D eigenvalue weighted by atomic mass is 16.2. The minimum atomic E-state index is -0.273. The highest BCUT2D eigenvalue weighted by Gasteiger charge is 2.24. The number of benzene rings is 1. The Morgan fingerprint density at radius 2 is 2.08 bits per heavy atom. The summed E-state index contributed by atoms with van der Waals surface area (Å²) >= 11 is 0. The standard InChI is InChI=1S/C19H26N4O/c1-14-11-15(2)23(21-14)16(3)19(24)20-12-17-9-10-22(13-17)18-7-5-4-6-8-18/h4-8,11,16-17H,9-10,12-13H2,1-3H3,(H,20,24)/t16-,17-/m1/s1. The maximum Gasteiger partial charge on any atom is 0.244 e.